The second-order valence-electron chi connectivity index (χ2n) is 8.94. The number of carbonyl (C=O) groups is 1. The maximum atomic E-state index is 12.7. The lowest BCUT2D eigenvalue weighted by atomic mass is 9.48. The standard InChI is InChI=1S/C23H24ClN3O3/c1-21(2)22(8-3-9-22)23(13-29-20(25)27-23)16-10-14(4-7-19(16)30-21)11-18(28)17-6-5-15(24)12-26-17/h4-7,10,12H,3,8-9,11,13H2,1-2H3,(H2,25,27)/t23-/m0/s1. The zero-order valence-corrected chi connectivity index (χ0v) is 17.8. The quantitative estimate of drug-likeness (QED) is 0.750. The van der Waals surface area contributed by atoms with Crippen molar-refractivity contribution in [3.8, 4) is 5.75 Å². The summed E-state index contributed by atoms with van der Waals surface area (Å²) in [5, 5.41) is 0.504. The Morgan fingerprint density at radius 3 is 2.63 bits per heavy atom. The Morgan fingerprint density at radius 1 is 1.23 bits per heavy atom. The molecule has 1 aromatic heterocycles. The summed E-state index contributed by atoms with van der Waals surface area (Å²) in [5.74, 6) is 0.710. The van der Waals surface area contributed by atoms with E-state index in [1.165, 1.54) is 6.20 Å². The summed E-state index contributed by atoms with van der Waals surface area (Å²) >= 11 is 5.88. The molecule has 1 fully saturated rings. The Balaban J connectivity index is 1.56. The summed E-state index contributed by atoms with van der Waals surface area (Å²) in [4.78, 5) is 21.7. The second kappa shape index (κ2) is 6.45. The van der Waals surface area contributed by atoms with E-state index in [0.29, 0.717) is 17.3 Å². The fourth-order valence-electron chi connectivity index (χ4n) is 5.40. The minimum atomic E-state index is -0.593. The number of aliphatic imine (C=N–C) groups is 1. The Morgan fingerprint density at radius 2 is 2.03 bits per heavy atom. The van der Waals surface area contributed by atoms with Gasteiger partial charge in [-0.25, -0.2) is 4.99 Å². The van der Waals surface area contributed by atoms with Crippen molar-refractivity contribution in [3.05, 3.63) is 58.4 Å². The smallest absolute Gasteiger partial charge is 0.283 e. The number of amidine groups is 1. The largest absolute Gasteiger partial charge is 0.487 e. The number of Topliss-reactive ketones (excluding diaryl/α,β-unsaturated/α-hetero) is 1. The van der Waals surface area contributed by atoms with Crippen LogP contribution in [0.1, 0.15) is 54.7 Å². The molecule has 30 heavy (non-hydrogen) atoms. The molecule has 1 aliphatic carbocycles. The minimum absolute atomic E-state index is 0.0678. The average Bonchev–Trinajstić information content (AvgIpc) is 3.03. The molecule has 156 valence electrons. The van der Waals surface area contributed by atoms with E-state index in [4.69, 9.17) is 31.8 Å². The van der Waals surface area contributed by atoms with Crippen molar-refractivity contribution in [1.82, 2.24) is 4.98 Å². The highest BCUT2D eigenvalue weighted by Gasteiger charge is 2.69. The summed E-state index contributed by atoms with van der Waals surface area (Å²) in [6.45, 7) is 4.66. The number of hydrogen-bond donors (Lipinski definition) is 1. The van der Waals surface area contributed by atoms with Gasteiger partial charge in [0, 0.05) is 23.6 Å². The molecule has 5 rings (SSSR count). The highest BCUT2D eigenvalue weighted by atomic mass is 35.5. The maximum Gasteiger partial charge on any atom is 0.283 e. The fourth-order valence-corrected chi connectivity index (χ4v) is 5.52. The fraction of sp³-hybridized carbons (Fsp3) is 0.435. The molecule has 2 spiro atoms. The van der Waals surface area contributed by atoms with Crippen LogP contribution in [0.5, 0.6) is 5.75 Å². The van der Waals surface area contributed by atoms with Crippen LogP contribution in [-0.4, -0.2) is 29.0 Å². The van der Waals surface area contributed by atoms with Crippen molar-refractivity contribution in [2.24, 2.45) is 16.1 Å². The second-order valence-corrected chi connectivity index (χ2v) is 9.38. The molecule has 3 aliphatic rings. The van der Waals surface area contributed by atoms with Gasteiger partial charge in [-0.1, -0.05) is 24.1 Å². The van der Waals surface area contributed by atoms with Crippen molar-refractivity contribution in [2.45, 2.75) is 50.7 Å². The number of pyridine rings is 1. The molecule has 1 aromatic carbocycles. The summed E-state index contributed by atoms with van der Waals surface area (Å²) < 4.78 is 12.2. The van der Waals surface area contributed by atoms with Crippen LogP contribution in [0.15, 0.2) is 41.5 Å². The highest BCUT2D eigenvalue weighted by Crippen LogP contribution is 2.67. The summed E-state index contributed by atoms with van der Waals surface area (Å²) in [5.41, 5.74) is 7.06. The molecule has 2 aromatic rings. The molecule has 3 heterocycles. The van der Waals surface area contributed by atoms with E-state index in [1.807, 2.05) is 18.2 Å². The van der Waals surface area contributed by atoms with Crippen molar-refractivity contribution in [1.29, 1.82) is 0 Å². The van der Waals surface area contributed by atoms with E-state index >= 15 is 0 Å². The van der Waals surface area contributed by atoms with Crippen LogP contribution >= 0.6 is 11.6 Å². The topological polar surface area (TPSA) is 86.8 Å². The molecule has 1 atom stereocenters. The lowest BCUT2D eigenvalue weighted by Crippen LogP contribution is -2.66. The normalized spacial score (nSPS) is 25.1. The van der Waals surface area contributed by atoms with Crippen LogP contribution < -0.4 is 10.5 Å². The van der Waals surface area contributed by atoms with Crippen molar-refractivity contribution >= 4 is 23.4 Å². The molecule has 6 nitrogen and oxygen atoms in total. The van der Waals surface area contributed by atoms with Gasteiger partial charge in [0.25, 0.3) is 6.02 Å². The van der Waals surface area contributed by atoms with Gasteiger partial charge in [0.2, 0.25) is 0 Å². The number of benzene rings is 1. The van der Waals surface area contributed by atoms with Gasteiger partial charge in [-0.2, -0.15) is 0 Å². The first-order valence-electron chi connectivity index (χ1n) is 10.2. The molecule has 0 bridgehead atoms. The number of rotatable bonds is 3. The van der Waals surface area contributed by atoms with Crippen LogP contribution in [0.4, 0.5) is 0 Å². The Hall–Kier alpha value is -2.60. The van der Waals surface area contributed by atoms with E-state index in [9.17, 15) is 4.79 Å². The van der Waals surface area contributed by atoms with Crippen LogP contribution in [0.2, 0.25) is 5.02 Å². The Labute approximate surface area is 180 Å². The number of fused-ring (bicyclic) bond motifs is 3. The number of carbonyl (C=O) groups excluding carboxylic acids is 1. The molecule has 1 saturated carbocycles. The molecule has 2 N–H and O–H groups in total. The van der Waals surface area contributed by atoms with Gasteiger partial charge >= 0.3 is 0 Å². The molecular formula is C23H24ClN3O3. The van der Waals surface area contributed by atoms with Crippen molar-refractivity contribution < 1.29 is 14.3 Å². The van der Waals surface area contributed by atoms with E-state index < -0.39 is 11.1 Å². The van der Waals surface area contributed by atoms with Gasteiger partial charge in [-0.05, 0) is 56.5 Å². The maximum absolute atomic E-state index is 12.7. The third kappa shape index (κ3) is 2.59. The monoisotopic (exact) mass is 425 g/mol. The van der Waals surface area contributed by atoms with Gasteiger partial charge in [0.15, 0.2) is 5.78 Å². The molecule has 0 amide bonds. The number of halogens is 1. The first-order valence-corrected chi connectivity index (χ1v) is 10.6. The average molecular weight is 426 g/mol. The van der Waals surface area contributed by atoms with Crippen molar-refractivity contribution in [3.63, 3.8) is 0 Å². The number of nitrogens with zero attached hydrogens (tertiary/aromatic N) is 2. The summed E-state index contributed by atoms with van der Waals surface area (Å²) in [6.07, 6.45) is 4.84. The molecule has 7 heteroatoms. The van der Waals surface area contributed by atoms with Gasteiger partial charge in [0.05, 0.1) is 5.02 Å². The predicted octanol–water partition coefficient (Wildman–Crippen LogP) is 4.04. The van der Waals surface area contributed by atoms with E-state index in [1.54, 1.807) is 12.1 Å². The van der Waals surface area contributed by atoms with Crippen LogP contribution in [0.25, 0.3) is 0 Å². The molecule has 0 saturated heterocycles. The highest BCUT2D eigenvalue weighted by molar-refractivity contribution is 6.30. The zero-order chi connectivity index (χ0) is 21.1. The molecule has 0 unspecified atom stereocenters. The molecule has 0 radical (unpaired) electrons. The number of nitrogens with two attached hydrogens (primary N) is 1. The van der Waals surface area contributed by atoms with Gasteiger partial charge in [-0.15, -0.1) is 0 Å². The zero-order valence-electron chi connectivity index (χ0n) is 17.1. The van der Waals surface area contributed by atoms with Crippen LogP contribution in [0, 0.1) is 5.41 Å². The van der Waals surface area contributed by atoms with Crippen LogP contribution in [0.3, 0.4) is 0 Å². The minimum Gasteiger partial charge on any atom is -0.487 e. The van der Waals surface area contributed by atoms with E-state index in [2.05, 4.69) is 18.8 Å². The van der Waals surface area contributed by atoms with E-state index in [0.717, 1.165) is 36.1 Å². The number of hydrogen-bond acceptors (Lipinski definition) is 6. The summed E-state index contributed by atoms with van der Waals surface area (Å²) in [6, 6.07) is 9.44. The van der Waals surface area contributed by atoms with E-state index in [-0.39, 0.29) is 23.6 Å². The SMILES string of the molecule is CC1(C)Oc2ccc(CC(=O)c3ccc(Cl)cn3)cc2[C@@]2(COC(N)=N2)C12CCC2. The lowest BCUT2D eigenvalue weighted by Gasteiger charge is -2.62. The first kappa shape index (κ1) is 19.4. The Bertz CT molecular complexity index is 1060. The Kier molecular flexibility index (Phi) is 4.16. The third-order valence-electron chi connectivity index (χ3n) is 7.11. The number of ketones is 1. The van der Waals surface area contributed by atoms with Gasteiger partial charge in [-0.3, -0.25) is 9.78 Å². The molecule has 2 aliphatic heterocycles. The van der Waals surface area contributed by atoms with Crippen LogP contribution in [-0.2, 0) is 16.7 Å². The molecular weight excluding hydrogens is 402 g/mol. The third-order valence-corrected chi connectivity index (χ3v) is 7.34. The predicted molar refractivity (Wildman–Crippen MR) is 114 cm³/mol. The lowest BCUT2D eigenvalue weighted by molar-refractivity contribution is -0.157. The first-order chi connectivity index (χ1) is 14.3. The van der Waals surface area contributed by atoms with Gasteiger partial charge < -0.3 is 15.2 Å². The summed E-state index contributed by atoms with van der Waals surface area (Å²) in [7, 11) is 0. The number of ether oxygens (including phenoxy) is 2. The van der Waals surface area contributed by atoms with Crippen molar-refractivity contribution in [2.75, 3.05) is 6.61 Å². The number of aromatic nitrogens is 1. The van der Waals surface area contributed by atoms with Gasteiger partial charge in [0.1, 0.15) is 29.2 Å².